The van der Waals surface area contributed by atoms with Gasteiger partial charge in [-0.15, -0.1) is 11.3 Å². The summed E-state index contributed by atoms with van der Waals surface area (Å²) in [6, 6.07) is 12.9. The number of nitrogens with one attached hydrogen (secondary N) is 1. The van der Waals surface area contributed by atoms with Crippen LogP contribution >= 0.6 is 11.3 Å². The van der Waals surface area contributed by atoms with Gasteiger partial charge in [0.05, 0.1) is 18.9 Å². The lowest BCUT2D eigenvalue weighted by atomic mass is 9.95. The number of rotatable bonds is 7. The third-order valence-electron chi connectivity index (χ3n) is 5.70. The number of anilines is 1. The molecule has 0 saturated carbocycles. The van der Waals surface area contributed by atoms with Crippen LogP contribution in [0, 0.1) is 0 Å². The summed E-state index contributed by atoms with van der Waals surface area (Å²) < 4.78 is 11.4. The van der Waals surface area contributed by atoms with E-state index in [1.807, 2.05) is 35.7 Å². The fourth-order valence-corrected chi connectivity index (χ4v) is 4.74. The van der Waals surface area contributed by atoms with Crippen molar-refractivity contribution in [2.24, 2.45) is 0 Å². The molecule has 3 aromatic rings. The summed E-state index contributed by atoms with van der Waals surface area (Å²) >= 11 is 1.58. The SMILES string of the molecule is CC(C)(C)c1cc(NC(=O)C(=O)c2ccc(OCCN3CCOCC3)c3ccccc23)cs1. The maximum Gasteiger partial charge on any atom is 0.296 e. The molecule has 33 heavy (non-hydrogen) atoms. The smallest absolute Gasteiger partial charge is 0.296 e. The van der Waals surface area contributed by atoms with Crippen LogP contribution in [-0.4, -0.2) is 56.0 Å². The minimum Gasteiger partial charge on any atom is -0.492 e. The zero-order chi connectivity index (χ0) is 23.4. The maximum absolute atomic E-state index is 13.0. The number of ether oxygens (including phenoxy) is 2. The maximum atomic E-state index is 13.0. The number of fused-ring (bicyclic) bond motifs is 1. The lowest BCUT2D eigenvalue weighted by molar-refractivity contribution is -0.112. The molecule has 0 aliphatic carbocycles. The van der Waals surface area contributed by atoms with Crippen molar-refractivity contribution in [1.82, 2.24) is 4.90 Å². The zero-order valence-corrected chi connectivity index (χ0v) is 20.2. The van der Waals surface area contributed by atoms with Crippen LogP contribution in [0.2, 0.25) is 0 Å². The van der Waals surface area contributed by atoms with Gasteiger partial charge in [-0.1, -0.05) is 45.0 Å². The predicted molar refractivity (Wildman–Crippen MR) is 133 cm³/mol. The Morgan fingerprint density at radius 3 is 2.52 bits per heavy atom. The van der Waals surface area contributed by atoms with E-state index in [1.54, 1.807) is 23.5 Å². The second-order valence-corrected chi connectivity index (χ2v) is 10.1. The van der Waals surface area contributed by atoms with E-state index in [1.165, 1.54) is 0 Å². The Bertz CT molecular complexity index is 1140. The molecule has 0 unspecified atom stereocenters. The minimum atomic E-state index is -0.639. The van der Waals surface area contributed by atoms with E-state index in [2.05, 4.69) is 31.0 Å². The van der Waals surface area contributed by atoms with Crippen LogP contribution in [0.1, 0.15) is 36.0 Å². The molecule has 1 N–H and O–H groups in total. The van der Waals surface area contributed by atoms with Gasteiger partial charge in [0.15, 0.2) is 0 Å². The first-order valence-electron chi connectivity index (χ1n) is 11.2. The highest BCUT2D eigenvalue weighted by Crippen LogP contribution is 2.32. The summed E-state index contributed by atoms with van der Waals surface area (Å²) in [5.41, 5.74) is 1.01. The van der Waals surface area contributed by atoms with Crippen molar-refractivity contribution in [3.63, 3.8) is 0 Å². The van der Waals surface area contributed by atoms with Crippen LogP contribution in [-0.2, 0) is 14.9 Å². The summed E-state index contributed by atoms with van der Waals surface area (Å²) in [6.45, 7) is 11.0. The number of hydrogen-bond donors (Lipinski definition) is 1. The molecule has 1 aliphatic rings. The Kier molecular flexibility index (Phi) is 7.12. The highest BCUT2D eigenvalue weighted by atomic mass is 32.1. The molecule has 1 amide bonds. The zero-order valence-electron chi connectivity index (χ0n) is 19.3. The highest BCUT2D eigenvalue weighted by Gasteiger charge is 2.22. The van der Waals surface area contributed by atoms with Crippen LogP contribution in [0.5, 0.6) is 5.75 Å². The first-order chi connectivity index (χ1) is 15.8. The number of Topliss-reactive ketones (excluding diaryl/α,β-unsaturated/α-hetero) is 1. The number of benzene rings is 2. The van der Waals surface area contributed by atoms with Crippen molar-refractivity contribution in [1.29, 1.82) is 0 Å². The topological polar surface area (TPSA) is 67.9 Å². The number of thiophene rings is 1. The van der Waals surface area contributed by atoms with E-state index in [0.717, 1.165) is 43.1 Å². The average Bonchev–Trinajstić information content (AvgIpc) is 3.28. The molecular weight excluding hydrogens is 436 g/mol. The van der Waals surface area contributed by atoms with E-state index < -0.39 is 11.7 Å². The Balaban J connectivity index is 1.48. The summed E-state index contributed by atoms with van der Waals surface area (Å²) in [6.07, 6.45) is 0. The van der Waals surface area contributed by atoms with Gasteiger partial charge < -0.3 is 14.8 Å². The van der Waals surface area contributed by atoms with Crippen molar-refractivity contribution in [3.8, 4) is 5.75 Å². The normalized spacial score (nSPS) is 14.9. The van der Waals surface area contributed by atoms with Gasteiger partial charge in [-0.25, -0.2) is 0 Å². The Morgan fingerprint density at radius 1 is 1.09 bits per heavy atom. The number of ketones is 1. The molecule has 174 valence electrons. The standard InChI is InChI=1S/C26H30N2O4S/c1-26(2,3)23-16-18(17-33-23)27-25(30)24(29)21-8-9-22(20-7-5-4-6-19(20)21)32-15-12-28-10-13-31-14-11-28/h4-9,16-17H,10-15H2,1-3H3,(H,27,30). The second-order valence-electron chi connectivity index (χ2n) is 9.19. The fourth-order valence-electron chi connectivity index (χ4n) is 3.81. The van der Waals surface area contributed by atoms with Crippen LogP contribution in [0.3, 0.4) is 0 Å². The van der Waals surface area contributed by atoms with Gasteiger partial charge in [-0.2, -0.15) is 0 Å². The summed E-state index contributed by atoms with van der Waals surface area (Å²) in [5, 5.41) is 6.16. The number of morpholine rings is 1. The highest BCUT2D eigenvalue weighted by molar-refractivity contribution is 7.10. The van der Waals surface area contributed by atoms with Crippen molar-refractivity contribution < 1.29 is 19.1 Å². The lowest BCUT2D eigenvalue weighted by Gasteiger charge is -2.26. The summed E-state index contributed by atoms with van der Waals surface area (Å²) in [5.74, 6) is -0.488. The average molecular weight is 467 g/mol. The van der Waals surface area contributed by atoms with Gasteiger partial charge in [0.25, 0.3) is 11.7 Å². The largest absolute Gasteiger partial charge is 0.492 e. The first kappa shape index (κ1) is 23.4. The van der Waals surface area contributed by atoms with Gasteiger partial charge in [0, 0.05) is 40.8 Å². The molecule has 1 saturated heterocycles. The quantitative estimate of drug-likeness (QED) is 0.403. The number of carbonyl (C=O) groups excluding carboxylic acids is 2. The number of nitrogens with zero attached hydrogens (tertiary/aromatic N) is 1. The van der Waals surface area contributed by atoms with Crippen LogP contribution in [0.25, 0.3) is 10.8 Å². The molecule has 1 aromatic heterocycles. The van der Waals surface area contributed by atoms with E-state index in [4.69, 9.17) is 9.47 Å². The Labute approximate surface area is 198 Å². The molecule has 1 fully saturated rings. The van der Waals surface area contributed by atoms with Crippen molar-refractivity contribution in [3.05, 3.63) is 58.3 Å². The second kappa shape index (κ2) is 10.0. The predicted octanol–water partition coefficient (Wildman–Crippen LogP) is 4.73. The summed E-state index contributed by atoms with van der Waals surface area (Å²) in [7, 11) is 0. The number of amides is 1. The third kappa shape index (κ3) is 5.61. The Hall–Kier alpha value is -2.74. The van der Waals surface area contributed by atoms with Crippen LogP contribution in [0.15, 0.2) is 47.8 Å². The molecular formula is C26H30N2O4S. The summed E-state index contributed by atoms with van der Waals surface area (Å²) in [4.78, 5) is 29.2. The molecule has 0 spiro atoms. The third-order valence-corrected chi connectivity index (χ3v) is 7.06. The van der Waals surface area contributed by atoms with Gasteiger partial charge in [-0.05, 0) is 29.0 Å². The molecule has 0 radical (unpaired) electrons. The first-order valence-corrected chi connectivity index (χ1v) is 12.1. The number of carbonyl (C=O) groups is 2. The van der Waals surface area contributed by atoms with Crippen LogP contribution < -0.4 is 10.1 Å². The van der Waals surface area contributed by atoms with Gasteiger partial charge in [-0.3, -0.25) is 14.5 Å². The van der Waals surface area contributed by atoms with Crippen molar-refractivity contribution in [2.45, 2.75) is 26.2 Å². The molecule has 2 heterocycles. The van der Waals surface area contributed by atoms with Gasteiger partial charge >= 0.3 is 0 Å². The van der Waals surface area contributed by atoms with E-state index >= 15 is 0 Å². The molecule has 1 aliphatic heterocycles. The molecule has 4 rings (SSSR count). The van der Waals surface area contributed by atoms with Crippen molar-refractivity contribution >= 4 is 39.5 Å². The monoisotopic (exact) mass is 466 g/mol. The van der Waals surface area contributed by atoms with Gasteiger partial charge in [0.2, 0.25) is 0 Å². The van der Waals surface area contributed by atoms with Gasteiger partial charge in [0.1, 0.15) is 12.4 Å². The molecule has 2 aromatic carbocycles. The van der Waals surface area contributed by atoms with E-state index in [9.17, 15) is 9.59 Å². The fraction of sp³-hybridized carbons (Fsp3) is 0.385. The molecule has 7 heteroatoms. The van der Waals surface area contributed by atoms with E-state index in [0.29, 0.717) is 29.0 Å². The molecule has 0 bridgehead atoms. The lowest BCUT2D eigenvalue weighted by Crippen LogP contribution is -2.38. The minimum absolute atomic E-state index is 0.00847. The molecule has 6 nitrogen and oxygen atoms in total. The Morgan fingerprint density at radius 2 is 1.82 bits per heavy atom. The number of hydrogen-bond acceptors (Lipinski definition) is 6. The van der Waals surface area contributed by atoms with Crippen molar-refractivity contribution in [2.75, 3.05) is 44.8 Å². The van der Waals surface area contributed by atoms with Crippen LogP contribution in [0.4, 0.5) is 5.69 Å². The van der Waals surface area contributed by atoms with E-state index in [-0.39, 0.29) is 5.41 Å². The molecule has 0 atom stereocenters.